The molecule has 26 heavy (non-hydrogen) atoms. The summed E-state index contributed by atoms with van der Waals surface area (Å²) in [7, 11) is -1.62. The molecule has 1 aliphatic heterocycles. The Morgan fingerprint density at radius 1 is 1.27 bits per heavy atom. The third-order valence-corrected chi connectivity index (χ3v) is 5.91. The van der Waals surface area contributed by atoms with Crippen LogP contribution < -0.4 is 5.32 Å². The first-order valence-electron chi connectivity index (χ1n) is 8.25. The van der Waals surface area contributed by atoms with E-state index in [1.54, 1.807) is 25.1 Å². The third-order valence-electron chi connectivity index (χ3n) is 4.16. The largest absolute Gasteiger partial charge is 0.462 e. The van der Waals surface area contributed by atoms with E-state index in [0.29, 0.717) is 6.42 Å². The number of para-hydroxylation sites is 1. The van der Waals surface area contributed by atoms with Crippen LogP contribution in [-0.2, 0) is 24.2 Å². The molecule has 1 N–H and O–H groups in total. The molecule has 0 bridgehead atoms. The summed E-state index contributed by atoms with van der Waals surface area (Å²) >= 11 is 0. The Morgan fingerprint density at radius 3 is 2.58 bits per heavy atom. The molecule has 1 saturated heterocycles. The predicted molar refractivity (Wildman–Crippen MR) is 95.5 cm³/mol. The molecule has 1 aliphatic rings. The van der Waals surface area contributed by atoms with E-state index in [2.05, 4.69) is 5.32 Å². The van der Waals surface area contributed by atoms with Crippen LogP contribution in [0.5, 0.6) is 0 Å². The zero-order chi connectivity index (χ0) is 19.3. The molecule has 0 aliphatic carbocycles. The van der Waals surface area contributed by atoms with Gasteiger partial charge in [-0.05, 0) is 25.5 Å². The van der Waals surface area contributed by atoms with E-state index in [1.165, 1.54) is 18.0 Å². The van der Waals surface area contributed by atoms with Gasteiger partial charge in [-0.3, -0.25) is 9.59 Å². The maximum atomic E-state index is 12.2. The van der Waals surface area contributed by atoms with Gasteiger partial charge >= 0.3 is 5.97 Å². The Hall–Kier alpha value is -2.42. The van der Waals surface area contributed by atoms with Crippen molar-refractivity contribution in [3.8, 4) is 0 Å². The van der Waals surface area contributed by atoms with Gasteiger partial charge in [0.25, 0.3) is 0 Å². The molecule has 8 nitrogen and oxygen atoms in total. The topological polar surface area (TPSA) is 110 Å². The highest BCUT2D eigenvalue weighted by atomic mass is 32.2. The standard InChI is InChI=1S/C17H22N2O6S/c1-3-25-17(22)13-6-4-5-7-14(13)18-15(20)10-16(21)19(2)12-8-9-26(23,24)11-12/h4-7,12H,3,8-11H2,1-2H3,(H,18,20). The van der Waals surface area contributed by atoms with Crippen molar-refractivity contribution < 1.29 is 27.5 Å². The molecule has 0 radical (unpaired) electrons. The van der Waals surface area contributed by atoms with Gasteiger partial charge in [0.15, 0.2) is 9.84 Å². The first-order valence-corrected chi connectivity index (χ1v) is 10.1. The average Bonchev–Trinajstić information content (AvgIpc) is 2.94. The van der Waals surface area contributed by atoms with Crippen LogP contribution in [0.3, 0.4) is 0 Å². The van der Waals surface area contributed by atoms with Crippen LogP contribution in [0.2, 0.25) is 0 Å². The molecule has 1 unspecified atom stereocenters. The van der Waals surface area contributed by atoms with Crippen molar-refractivity contribution in [3.05, 3.63) is 29.8 Å². The number of rotatable bonds is 6. The maximum Gasteiger partial charge on any atom is 0.340 e. The number of hydrogen-bond acceptors (Lipinski definition) is 6. The molecule has 0 saturated carbocycles. The first kappa shape index (κ1) is 19.9. The SMILES string of the molecule is CCOC(=O)c1ccccc1NC(=O)CC(=O)N(C)C1CCS(=O)(=O)C1. The Labute approximate surface area is 152 Å². The van der Waals surface area contributed by atoms with Crippen molar-refractivity contribution in [3.63, 3.8) is 0 Å². The second-order valence-corrected chi connectivity index (χ2v) is 8.28. The molecule has 0 aromatic heterocycles. The minimum absolute atomic E-state index is 0.0500. The van der Waals surface area contributed by atoms with E-state index < -0.39 is 40.1 Å². The van der Waals surface area contributed by atoms with Gasteiger partial charge in [0.05, 0.1) is 29.4 Å². The molecular formula is C17H22N2O6S. The number of hydrogen-bond donors (Lipinski definition) is 1. The fourth-order valence-corrected chi connectivity index (χ4v) is 4.49. The lowest BCUT2D eigenvalue weighted by Gasteiger charge is -2.23. The number of nitrogens with one attached hydrogen (secondary N) is 1. The van der Waals surface area contributed by atoms with Crippen molar-refractivity contribution in [2.75, 3.05) is 30.5 Å². The number of ether oxygens (including phenoxy) is 1. The molecule has 0 spiro atoms. The second kappa shape index (κ2) is 8.31. The molecule has 1 fully saturated rings. The number of carbonyl (C=O) groups excluding carboxylic acids is 3. The summed E-state index contributed by atoms with van der Waals surface area (Å²) in [6, 6.07) is 5.94. The van der Waals surface area contributed by atoms with Crippen LogP contribution in [0.4, 0.5) is 5.69 Å². The Morgan fingerprint density at radius 2 is 1.96 bits per heavy atom. The number of anilines is 1. The molecule has 1 heterocycles. The summed E-state index contributed by atoms with van der Waals surface area (Å²) in [5.74, 6) is -1.66. The van der Waals surface area contributed by atoms with E-state index in [1.807, 2.05) is 0 Å². The van der Waals surface area contributed by atoms with Crippen LogP contribution in [-0.4, -0.2) is 62.3 Å². The average molecular weight is 382 g/mol. The second-order valence-electron chi connectivity index (χ2n) is 6.05. The third kappa shape index (κ3) is 5.04. The molecule has 142 valence electrons. The molecule has 2 amide bonds. The fourth-order valence-electron chi connectivity index (χ4n) is 2.72. The van der Waals surface area contributed by atoms with Gasteiger partial charge in [-0.1, -0.05) is 12.1 Å². The predicted octanol–water partition coefficient (Wildman–Crippen LogP) is 0.837. The van der Waals surface area contributed by atoms with Crippen molar-refractivity contribution in [2.45, 2.75) is 25.8 Å². The number of sulfone groups is 1. The molecule has 1 aromatic rings. The first-order chi connectivity index (χ1) is 12.2. The molecule has 2 rings (SSSR count). The van der Waals surface area contributed by atoms with Crippen molar-refractivity contribution in [1.29, 1.82) is 0 Å². The Bertz CT molecular complexity index is 805. The highest BCUT2D eigenvalue weighted by Crippen LogP contribution is 2.19. The van der Waals surface area contributed by atoms with Crippen LogP contribution in [0.15, 0.2) is 24.3 Å². The normalized spacial score (nSPS) is 18.2. The summed E-state index contributed by atoms with van der Waals surface area (Å²) in [6.07, 6.45) is -0.0674. The van der Waals surface area contributed by atoms with Crippen molar-refractivity contribution in [2.24, 2.45) is 0 Å². The van der Waals surface area contributed by atoms with E-state index in [9.17, 15) is 22.8 Å². The monoisotopic (exact) mass is 382 g/mol. The van der Waals surface area contributed by atoms with Crippen LogP contribution in [0.25, 0.3) is 0 Å². The molecule has 9 heteroatoms. The van der Waals surface area contributed by atoms with Gasteiger partial charge in [-0.25, -0.2) is 13.2 Å². The lowest BCUT2D eigenvalue weighted by Crippen LogP contribution is -2.39. The van der Waals surface area contributed by atoms with Crippen molar-refractivity contribution >= 4 is 33.3 Å². The van der Waals surface area contributed by atoms with Crippen LogP contribution in [0.1, 0.15) is 30.1 Å². The van der Waals surface area contributed by atoms with Gasteiger partial charge < -0.3 is 15.0 Å². The summed E-state index contributed by atoms with van der Waals surface area (Å²) in [4.78, 5) is 37.6. The number of benzene rings is 1. The lowest BCUT2D eigenvalue weighted by molar-refractivity contribution is -0.134. The highest BCUT2D eigenvalue weighted by molar-refractivity contribution is 7.91. The van der Waals surface area contributed by atoms with E-state index in [4.69, 9.17) is 4.74 Å². The maximum absolute atomic E-state index is 12.2. The minimum atomic E-state index is -3.12. The van der Waals surface area contributed by atoms with Gasteiger partial charge in [0.2, 0.25) is 11.8 Å². The van der Waals surface area contributed by atoms with E-state index >= 15 is 0 Å². The molecule has 1 atom stereocenters. The summed E-state index contributed by atoms with van der Waals surface area (Å²) in [5.41, 5.74) is 0.459. The zero-order valence-electron chi connectivity index (χ0n) is 14.7. The molecular weight excluding hydrogens is 360 g/mol. The Kier molecular flexibility index (Phi) is 6.36. The summed E-state index contributed by atoms with van der Waals surface area (Å²) < 4.78 is 28.0. The summed E-state index contributed by atoms with van der Waals surface area (Å²) in [5, 5.41) is 2.54. The Balaban J connectivity index is 1.99. The minimum Gasteiger partial charge on any atom is -0.462 e. The quantitative estimate of drug-likeness (QED) is 0.577. The van der Waals surface area contributed by atoms with Gasteiger partial charge in [-0.2, -0.15) is 0 Å². The van der Waals surface area contributed by atoms with Gasteiger partial charge in [0.1, 0.15) is 6.42 Å². The fraction of sp³-hybridized carbons (Fsp3) is 0.471. The number of nitrogens with zero attached hydrogens (tertiary/aromatic N) is 1. The highest BCUT2D eigenvalue weighted by Gasteiger charge is 2.33. The van der Waals surface area contributed by atoms with Crippen molar-refractivity contribution in [1.82, 2.24) is 4.90 Å². The summed E-state index contributed by atoms with van der Waals surface area (Å²) in [6.45, 7) is 1.88. The van der Waals surface area contributed by atoms with E-state index in [0.717, 1.165) is 0 Å². The smallest absolute Gasteiger partial charge is 0.340 e. The number of esters is 1. The lowest BCUT2D eigenvalue weighted by atomic mass is 10.1. The van der Waals surface area contributed by atoms with Gasteiger partial charge in [0, 0.05) is 13.1 Å². The number of carbonyl (C=O) groups is 3. The van der Waals surface area contributed by atoms with Crippen LogP contribution >= 0.6 is 0 Å². The zero-order valence-corrected chi connectivity index (χ0v) is 15.5. The van der Waals surface area contributed by atoms with E-state index in [-0.39, 0.29) is 29.4 Å². The van der Waals surface area contributed by atoms with Gasteiger partial charge in [-0.15, -0.1) is 0 Å². The van der Waals surface area contributed by atoms with Crippen LogP contribution in [0, 0.1) is 0 Å². The number of amides is 2. The molecule has 1 aromatic carbocycles.